The fourth-order valence-electron chi connectivity index (χ4n) is 3.45. The number of aryl methyl sites for hydroxylation is 2. The van der Waals surface area contributed by atoms with Crippen molar-refractivity contribution in [1.29, 1.82) is 0 Å². The summed E-state index contributed by atoms with van der Waals surface area (Å²) < 4.78 is 2.00. The highest BCUT2D eigenvalue weighted by atomic mass is 15.6. The van der Waals surface area contributed by atoms with Crippen LogP contribution in [0.5, 0.6) is 0 Å². The molecule has 5 heteroatoms. The van der Waals surface area contributed by atoms with Crippen LogP contribution in [0, 0.1) is 19.3 Å². The van der Waals surface area contributed by atoms with Gasteiger partial charge in [0.15, 0.2) is 5.82 Å². The van der Waals surface area contributed by atoms with Crippen molar-refractivity contribution < 1.29 is 0 Å². The SMILES string of the molecule is Cc1cc(C)c(-c2nnnn2C2CCCC2(C)C)cc1N. The van der Waals surface area contributed by atoms with Crippen molar-refractivity contribution in [3.05, 3.63) is 23.3 Å². The van der Waals surface area contributed by atoms with Gasteiger partial charge in [-0.05, 0) is 59.7 Å². The number of tetrazole rings is 1. The summed E-state index contributed by atoms with van der Waals surface area (Å²) in [7, 11) is 0. The van der Waals surface area contributed by atoms with Crippen molar-refractivity contribution in [3.63, 3.8) is 0 Å². The van der Waals surface area contributed by atoms with E-state index in [1.54, 1.807) is 0 Å². The monoisotopic (exact) mass is 285 g/mol. The molecule has 1 aliphatic rings. The topological polar surface area (TPSA) is 69.6 Å². The van der Waals surface area contributed by atoms with E-state index in [4.69, 9.17) is 5.73 Å². The number of benzene rings is 1. The number of anilines is 1. The lowest BCUT2D eigenvalue weighted by Crippen LogP contribution is -2.23. The maximum Gasteiger partial charge on any atom is 0.182 e. The molecular formula is C16H23N5. The van der Waals surface area contributed by atoms with Gasteiger partial charge in [0.1, 0.15) is 0 Å². The Morgan fingerprint density at radius 2 is 2.00 bits per heavy atom. The van der Waals surface area contributed by atoms with E-state index in [-0.39, 0.29) is 5.41 Å². The summed E-state index contributed by atoms with van der Waals surface area (Å²) >= 11 is 0. The van der Waals surface area contributed by atoms with Gasteiger partial charge >= 0.3 is 0 Å². The Kier molecular flexibility index (Phi) is 3.23. The molecule has 2 N–H and O–H groups in total. The summed E-state index contributed by atoms with van der Waals surface area (Å²) in [6, 6.07) is 4.45. The third-order valence-electron chi connectivity index (χ3n) is 4.84. The van der Waals surface area contributed by atoms with Gasteiger partial charge < -0.3 is 5.73 Å². The highest BCUT2D eigenvalue weighted by Crippen LogP contribution is 2.46. The molecule has 1 aromatic carbocycles. The quantitative estimate of drug-likeness (QED) is 0.860. The van der Waals surface area contributed by atoms with Gasteiger partial charge in [-0.25, -0.2) is 4.68 Å². The van der Waals surface area contributed by atoms with Crippen molar-refractivity contribution >= 4 is 5.69 Å². The van der Waals surface area contributed by atoms with Crippen molar-refractivity contribution in [2.24, 2.45) is 5.41 Å². The zero-order valence-electron chi connectivity index (χ0n) is 13.2. The maximum absolute atomic E-state index is 6.07. The number of rotatable bonds is 2. The van der Waals surface area contributed by atoms with E-state index < -0.39 is 0 Å². The lowest BCUT2D eigenvalue weighted by atomic mass is 9.87. The molecule has 1 heterocycles. The van der Waals surface area contributed by atoms with Gasteiger partial charge in [-0.1, -0.05) is 26.3 Å². The Bertz CT molecular complexity index is 671. The van der Waals surface area contributed by atoms with E-state index >= 15 is 0 Å². The van der Waals surface area contributed by atoms with Crippen molar-refractivity contribution in [3.8, 4) is 11.4 Å². The summed E-state index contributed by atoms with van der Waals surface area (Å²) in [5.41, 5.74) is 10.4. The van der Waals surface area contributed by atoms with Gasteiger partial charge in [0.05, 0.1) is 6.04 Å². The molecule has 0 amide bonds. The van der Waals surface area contributed by atoms with Crippen LogP contribution in [-0.4, -0.2) is 20.2 Å². The van der Waals surface area contributed by atoms with Crippen LogP contribution < -0.4 is 5.73 Å². The van der Waals surface area contributed by atoms with Gasteiger partial charge in [0.2, 0.25) is 0 Å². The normalized spacial score (nSPS) is 20.9. The number of hydrogen-bond donors (Lipinski definition) is 1. The molecule has 3 rings (SSSR count). The minimum Gasteiger partial charge on any atom is -0.398 e. The number of nitrogen functional groups attached to an aromatic ring is 1. The molecule has 1 atom stereocenters. The van der Waals surface area contributed by atoms with E-state index in [2.05, 4.69) is 42.4 Å². The fourth-order valence-corrected chi connectivity index (χ4v) is 3.45. The maximum atomic E-state index is 6.07. The molecule has 0 bridgehead atoms. The van der Waals surface area contributed by atoms with Crippen LogP contribution in [-0.2, 0) is 0 Å². The van der Waals surface area contributed by atoms with Crippen LogP contribution in [0.4, 0.5) is 5.69 Å². The molecular weight excluding hydrogens is 262 g/mol. The van der Waals surface area contributed by atoms with Gasteiger partial charge in [0.25, 0.3) is 0 Å². The molecule has 0 radical (unpaired) electrons. The summed E-state index contributed by atoms with van der Waals surface area (Å²) in [5.74, 6) is 0.833. The Labute approximate surface area is 125 Å². The molecule has 1 aromatic heterocycles. The molecule has 1 unspecified atom stereocenters. The van der Waals surface area contributed by atoms with E-state index in [1.165, 1.54) is 12.8 Å². The minimum atomic E-state index is 0.230. The number of aromatic nitrogens is 4. The lowest BCUT2D eigenvalue weighted by Gasteiger charge is -2.27. The van der Waals surface area contributed by atoms with Gasteiger partial charge in [0, 0.05) is 11.3 Å². The molecule has 1 saturated carbocycles. The Balaban J connectivity index is 2.10. The third kappa shape index (κ3) is 2.30. The largest absolute Gasteiger partial charge is 0.398 e. The molecule has 112 valence electrons. The predicted octanol–water partition coefficient (Wildman–Crippen LogP) is 3.29. The van der Waals surface area contributed by atoms with Crippen LogP contribution >= 0.6 is 0 Å². The molecule has 0 aliphatic heterocycles. The number of nitrogens with zero attached hydrogens (tertiary/aromatic N) is 4. The van der Waals surface area contributed by atoms with Gasteiger partial charge in [-0.2, -0.15) is 0 Å². The third-order valence-corrected chi connectivity index (χ3v) is 4.84. The zero-order chi connectivity index (χ0) is 15.2. The van der Waals surface area contributed by atoms with Gasteiger partial charge in [-0.3, -0.25) is 0 Å². The van der Waals surface area contributed by atoms with E-state index in [0.717, 1.165) is 34.6 Å². The highest BCUT2D eigenvalue weighted by Gasteiger charge is 2.38. The molecule has 21 heavy (non-hydrogen) atoms. The molecule has 1 fully saturated rings. The minimum absolute atomic E-state index is 0.230. The average Bonchev–Trinajstić information content (AvgIpc) is 2.99. The van der Waals surface area contributed by atoms with E-state index in [9.17, 15) is 0 Å². The number of nitrogens with two attached hydrogens (primary N) is 1. The second-order valence-corrected chi connectivity index (χ2v) is 6.87. The summed E-state index contributed by atoms with van der Waals surface area (Å²) in [4.78, 5) is 0. The lowest BCUT2D eigenvalue weighted by molar-refractivity contribution is 0.242. The Morgan fingerprint density at radius 1 is 1.24 bits per heavy atom. The van der Waals surface area contributed by atoms with Crippen LogP contribution in [0.3, 0.4) is 0 Å². The highest BCUT2D eigenvalue weighted by molar-refractivity contribution is 5.67. The summed E-state index contributed by atoms with van der Waals surface area (Å²) in [6.45, 7) is 8.70. The standard InChI is InChI=1S/C16H23N5/c1-10-8-11(2)13(17)9-12(10)15-18-19-20-21(15)14-6-5-7-16(14,3)4/h8-9,14H,5-7,17H2,1-4H3. The van der Waals surface area contributed by atoms with Crippen LogP contribution in [0.25, 0.3) is 11.4 Å². The van der Waals surface area contributed by atoms with Gasteiger partial charge in [-0.15, -0.1) is 5.10 Å². The van der Waals surface area contributed by atoms with Crippen LogP contribution in [0.1, 0.15) is 50.3 Å². The van der Waals surface area contributed by atoms with Crippen LogP contribution in [0.15, 0.2) is 12.1 Å². The van der Waals surface area contributed by atoms with Crippen LogP contribution in [0.2, 0.25) is 0 Å². The molecule has 1 aliphatic carbocycles. The number of hydrogen-bond acceptors (Lipinski definition) is 4. The molecule has 2 aromatic rings. The smallest absolute Gasteiger partial charge is 0.182 e. The Hall–Kier alpha value is -1.91. The second-order valence-electron chi connectivity index (χ2n) is 6.87. The predicted molar refractivity (Wildman–Crippen MR) is 83.8 cm³/mol. The summed E-state index contributed by atoms with van der Waals surface area (Å²) in [6.07, 6.45) is 3.57. The van der Waals surface area contributed by atoms with E-state index in [0.29, 0.717) is 6.04 Å². The second kappa shape index (κ2) is 4.83. The first kappa shape index (κ1) is 14.0. The zero-order valence-corrected chi connectivity index (χ0v) is 13.2. The fraction of sp³-hybridized carbons (Fsp3) is 0.562. The van der Waals surface area contributed by atoms with Crippen molar-refractivity contribution in [2.45, 2.75) is 53.0 Å². The first-order chi connectivity index (χ1) is 9.90. The average molecular weight is 285 g/mol. The molecule has 5 nitrogen and oxygen atoms in total. The first-order valence-electron chi connectivity index (χ1n) is 7.55. The summed E-state index contributed by atoms with van der Waals surface area (Å²) in [5, 5.41) is 12.5. The Morgan fingerprint density at radius 3 is 2.67 bits per heavy atom. The van der Waals surface area contributed by atoms with Crippen molar-refractivity contribution in [1.82, 2.24) is 20.2 Å². The van der Waals surface area contributed by atoms with Crippen molar-refractivity contribution in [2.75, 3.05) is 5.73 Å². The first-order valence-corrected chi connectivity index (χ1v) is 7.55. The molecule has 0 spiro atoms. The van der Waals surface area contributed by atoms with E-state index in [1.807, 2.05) is 17.7 Å². The molecule has 0 saturated heterocycles.